The molecule has 25 heavy (non-hydrogen) atoms. The Balaban J connectivity index is 1.76. The second-order valence-electron chi connectivity index (χ2n) is 5.26. The highest BCUT2D eigenvalue weighted by molar-refractivity contribution is 9.10. The van der Waals surface area contributed by atoms with Crippen LogP contribution >= 0.6 is 15.9 Å². The number of anilines is 5. The topological polar surface area (TPSA) is 78.9 Å². The van der Waals surface area contributed by atoms with E-state index in [0.717, 1.165) is 21.5 Å². The molecule has 0 spiro atoms. The standard InChI is InChI=1S/C18H16BrN5O/c1-12(25)21-13-5-4-6-14(11-13)22-17-9-10-20-18(24-17)23-16-8-3-2-7-15(16)19/h2-11H,1H3,(H,21,25)(H2,20,22,23,24). The number of aromatic nitrogens is 2. The van der Waals surface area contributed by atoms with E-state index in [1.165, 1.54) is 6.92 Å². The van der Waals surface area contributed by atoms with Crippen LogP contribution in [0.1, 0.15) is 6.92 Å². The van der Waals surface area contributed by atoms with E-state index in [0.29, 0.717) is 11.8 Å². The number of rotatable bonds is 5. The summed E-state index contributed by atoms with van der Waals surface area (Å²) in [5.41, 5.74) is 2.42. The third kappa shape index (κ3) is 4.77. The number of benzene rings is 2. The normalized spacial score (nSPS) is 10.2. The van der Waals surface area contributed by atoms with Gasteiger partial charge in [-0.05, 0) is 52.3 Å². The molecule has 0 atom stereocenters. The van der Waals surface area contributed by atoms with Gasteiger partial charge in [-0.1, -0.05) is 18.2 Å². The zero-order valence-electron chi connectivity index (χ0n) is 13.5. The van der Waals surface area contributed by atoms with E-state index in [9.17, 15) is 4.79 Å². The Kier molecular flexibility index (Phi) is 5.25. The Morgan fingerprint density at radius 3 is 2.60 bits per heavy atom. The number of amides is 1. The van der Waals surface area contributed by atoms with E-state index >= 15 is 0 Å². The average molecular weight is 398 g/mol. The number of para-hydroxylation sites is 1. The van der Waals surface area contributed by atoms with Crippen LogP contribution in [0.25, 0.3) is 0 Å². The molecule has 126 valence electrons. The summed E-state index contributed by atoms with van der Waals surface area (Å²) in [6.07, 6.45) is 1.67. The van der Waals surface area contributed by atoms with Gasteiger partial charge in [-0.2, -0.15) is 4.98 Å². The number of hydrogen-bond acceptors (Lipinski definition) is 5. The Morgan fingerprint density at radius 1 is 1.00 bits per heavy atom. The van der Waals surface area contributed by atoms with Crippen LogP contribution in [-0.4, -0.2) is 15.9 Å². The number of carbonyl (C=O) groups is 1. The number of nitrogens with zero attached hydrogens (tertiary/aromatic N) is 2. The van der Waals surface area contributed by atoms with E-state index in [4.69, 9.17) is 0 Å². The average Bonchev–Trinajstić information content (AvgIpc) is 2.57. The molecular weight excluding hydrogens is 382 g/mol. The zero-order valence-corrected chi connectivity index (χ0v) is 15.0. The molecule has 0 saturated carbocycles. The van der Waals surface area contributed by atoms with Crippen LogP contribution in [0, 0.1) is 0 Å². The van der Waals surface area contributed by atoms with E-state index in [1.54, 1.807) is 12.3 Å². The van der Waals surface area contributed by atoms with Crippen LogP contribution in [0.2, 0.25) is 0 Å². The first-order chi connectivity index (χ1) is 12.1. The fraction of sp³-hybridized carbons (Fsp3) is 0.0556. The van der Waals surface area contributed by atoms with Gasteiger partial charge in [0, 0.05) is 29.0 Å². The van der Waals surface area contributed by atoms with Crippen molar-refractivity contribution in [3.8, 4) is 0 Å². The monoisotopic (exact) mass is 397 g/mol. The fourth-order valence-corrected chi connectivity index (χ4v) is 2.58. The molecule has 0 aliphatic rings. The highest BCUT2D eigenvalue weighted by atomic mass is 79.9. The van der Waals surface area contributed by atoms with E-state index < -0.39 is 0 Å². The van der Waals surface area contributed by atoms with Crippen molar-refractivity contribution < 1.29 is 4.79 Å². The summed E-state index contributed by atoms with van der Waals surface area (Å²) in [5.74, 6) is 1.01. The third-order valence-electron chi connectivity index (χ3n) is 3.23. The lowest BCUT2D eigenvalue weighted by atomic mass is 10.2. The quantitative estimate of drug-likeness (QED) is 0.582. The minimum Gasteiger partial charge on any atom is -0.340 e. The van der Waals surface area contributed by atoms with Crippen molar-refractivity contribution in [1.82, 2.24) is 9.97 Å². The Bertz CT molecular complexity index is 900. The summed E-state index contributed by atoms with van der Waals surface area (Å²) in [5, 5.41) is 9.13. The molecular formula is C18H16BrN5O. The van der Waals surface area contributed by atoms with Gasteiger partial charge in [-0.15, -0.1) is 0 Å². The molecule has 1 heterocycles. The van der Waals surface area contributed by atoms with Crippen molar-refractivity contribution in [3.05, 3.63) is 65.3 Å². The summed E-state index contributed by atoms with van der Waals surface area (Å²) in [6, 6.07) is 16.9. The molecule has 6 nitrogen and oxygen atoms in total. The number of hydrogen-bond donors (Lipinski definition) is 3. The second kappa shape index (κ2) is 7.76. The third-order valence-corrected chi connectivity index (χ3v) is 3.92. The molecule has 0 radical (unpaired) electrons. The Morgan fingerprint density at radius 2 is 1.80 bits per heavy atom. The van der Waals surface area contributed by atoms with E-state index in [1.807, 2.05) is 48.5 Å². The van der Waals surface area contributed by atoms with Crippen molar-refractivity contribution in [2.45, 2.75) is 6.92 Å². The molecule has 1 amide bonds. The van der Waals surface area contributed by atoms with Gasteiger partial charge in [-0.25, -0.2) is 4.98 Å². The molecule has 1 aromatic heterocycles. The lowest BCUT2D eigenvalue weighted by molar-refractivity contribution is -0.114. The van der Waals surface area contributed by atoms with Gasteiger partial charge in [0.1, 0.15) is 5.82 Å². The molecule has 0 saturated heterocycles. The molecule has 3 aromatic rings. The van der Waals surface area contributed by atoms with Crippen LogP contribution in [0.5, 0.6) is 0 Å². The smallest absolute Gasteiger partial charge is 0.229 e. The Hall–Kier alpha value is -2.93. The van der Waals surface area contributed by atoms with Gasteiger partial charge < -0.3 is 16.0 Å². The fourth-order valence-electron chi connectivity index (χ4n) is 2.20. The van der Waals surface area contributed by atoms with Gasteiger partial charge in [0.05, 0.1) is 5.69 Å². The predicted octanol–water partition coefficient (Wildman–Crippen LogP) is 4.68. The van der Waals surface area contributed by atoms with E-state index in [-0.39, 0.29) is 5.91 Å². The van der Waals surface area contributed by atoms with Crippen LogP contribution in [-0.2, 0) is 4.79 Å². The minimum atomic E-state index is -0.112. The number of carbonyl (C=O) groups excluding carboxylic acids is 1. The summed E-state index contributed by atoms with van der Waals surface area (Å²) in [4.78, 5) is 19.9. The Labute approximate surface area is 153 Å². The first kappa shape index (κ1) is 16.9. The lowest BCUT2D eigenvalue weighted by Crippen LogP contribution is -2.06. The van der Waals surface area contributed by atoms with Crippen LogP contribution in [0.3, 0.4) is 0 Å². The van der Waals surface area contributed by atoms with Crippen LogP contribution in [0.4, 0.5) is 28.8 Å². The van der Waals surface area contributed by atoms with Crippen molar-refractivity contribution in [2.75, 3.05) is 16.0 Å². The van der Waals surface area contributed by atoms with Crippen molar-refractivity contribution in [3.63, 3.8) is 0 Å². The molecule has 0 aliphatic carbocycles. The SMILES string of the molecule is CC(=O)Nc1cccc(Nc2ccnc(Nc3ccccc3Br)n2)c1. The van der Waals surface area contributed by atoms with Crippen molar-refractivity contribution in [2.24, 2.45) is 0 Å². The molecule has 0 unspecified atom stereocenters. The zero-order chi connectivity index (χ0) is 17.6. The number of nitrogens with one attached hydrogen (secondary N) is 3. The highest BCUT2D eigenvalue weighted by Gasteiger charge is 2.04. The maximum Gasteiger partial charge on any atom is 0.229 e. The largest absolute Gasteiger partial charge is 0.340 e. The van der Waals surface area contributed by atoms with Crippen LogP contribution < -0.4 is 16.0 Å². The summed E-state index contributed by atoms with van der Waals surface area (Å²) >= 11 is 3.49. The van der Waals surface area contributed by atoms with Gasteiger partial charge in [0.25, 0.3) is 0 Å². The molecule has 7 heteroatoms. The highest BCUT2D eigenvalue weighted by Crippen LogP contribution is 2.25. The number of halogens is 1. The summed E-state index contributed by atoms with van der Waals surface area (Å²) in [7, 11) is 0. The first-order valence-corrected chi connectivity index (χ1v) is 8.39. The van der Waals surface area contributed by atoms with Crippen LogP contribution in [0.15, 0.2) is 65.3 Å². The lowest BCUT2D eigenvalue weighted by Gasteiger charge is -2.10. The summed E-state index contributed by atoms with van der Waals surface area (Å²) in [6.45, 7) is 1.48. The van der Waals surface area contributed by atoms with Crippen molar-refractivity contribution >= 4 is 50.7 Å². The summed E-state index contributed by atoms with van der Waals surface area (Å²) < 4.78 is 0.931. The molecule has 0 aliphatic heterocycles. The predicted molar refractivity (Wildman–Crippen MR) is 103 cm³/mol. The van der Waals surface area contributed by atoms with Gasteiger partial charge in [0.2, 0.25) is 11.9 Å². The molecule has 3 rings (SSSR count). The maximum absolute atomic E-state index is 11.2. The first-order valence-electron chi connectivity index (χ1n) is 7.59. The van der Waals surface area contributed by atoms with Crippen molar-refractivity contribution in [1.29, 1.82) is 0 Å². The van der Waals surface area contributed by atoms with Gasteiger partial charge >= 0.3 is 0 Å². The van der Waals surface area contributed by atoms with E-state index in [2.05, 4.69) is 41.8 Å². The molecule has 3 N–H and O–H groups in total. The van der Waals surface area contributed by atoms with Gasteiger partial charge in [-0.3, -0.25) is 4.79 Å². The van der Waals surface area contributed by atoms with Gasteiger partial charge in [0.15, 0.2) is 0 Å². The minimum absolute atomic E-state index is 0.112. The molecule has 0 bridgehead atoms. The maximum atomic E-state index is 11.2. The molecule has 2 aromatic carbocycles. The molecule has 0 fully saturated rings. The second-order valence-corrected chi connectivity index (χ2v) is 6.11.